The number of primary amides is 1. The third-order valence-corrected chi connectivity index (χ3v) is 5.55. The molecule has 3 N–H and O–H groups in total. The Morgan fingerprint density at radius 1 is 1.04 bits per heavy atom. The lowest BCUT2D eigenvalue weighted by atomic mass is 9.94. The standard InChI is InChI=1S/C14H18N2O2S.C2HF3O2/c15-13(17)12-11(14(18)16-7-3-4-8-16)9-5-1-2-6-10(9)19-12;3-2(4,5)1(6)7/h1-8H2,(H2,15,17);(H,6,7). The highest BCUT2D eigenvalue weighted by Gasteiger charge is 2.38. The van der Waals surface area contributed by atoms with Crippen molar-refractivity contribution in [3.8, 4) is 0 Å². The van der Waals surface area contributed by atoms with E-state index in [-0.39, 0.29) is 5.91 Å². The van der Waals surface area contributed by atoms with Crippen molar-refractivity contribution < 1.29 is 32.7 Å². The molecular weight excluding hydrogens is 373 g/mol. The van der Waals surface area contributed by atoms with Crippen LogP contribution < -0.4 is 5.73 Å². The first-order valence-electron chi connectivity index (χ1n) is 8.16. The molecule has 10 heteroatoms. The first-order chi connectivity index (χ1) is 12.1. The van der Waals surface area contributed by atoms with Gasteiger partial charge >= 0.3 is 12.1 Å². The van der Waals surface area contributed by atoms with Gasteiger partial charge in [-0.25, -0.2) is 4.79 Å². The number of amides is 2. The number of aliphatic carboxylic acids is 1. The maximum absolute atomic E-state index is 12.6. The van der Waals surface area contributed by atoms with E-state index in [1.807, 2.05) is 4.90 Å². The van der Waals surface area contributed by atoms with Gasteiger partial charge in [0, 0.05) is 18.0 Å². The Labute approximate surface area is 151 Å². The van der Waals surface area contributed by atoms with Crippen LogP contribution in [-0.2, 0) is 17.6 Å². The Hall–Kier alpha value is -2.10. The SMILES string of the molecule is NC(=O)c1sc2c(c1C(=O)N1CCCC1)CCCC2.O=C(O)C(F)(F)F. The van der Waals surface area contributed by atoms with Gasteiger partial charge < -0.3 is 15.7 Å². The van der Waals surface area contributed by atoms with Crippen LogP contribution in [0.25, 0.3) is 0 Å². The quantitative estimate of drug-likeness (QED) is 0.808. The first kappa shape index (κ1) is 20.2. The van der Waals surface area contributed by atoms with Crippen molar-refractivity contribution in [3.05, 3.63) is 20.9 Å². The molecule has 6 nitrogen and oxygen atoms in total. The molecule has 0 atom stereocenters. The van der Waals surface area contributed by atoms with Gasteiger partial charge in [-0.2, -0.15) is 13.2 Å². The van der Waals surface area contributed by atoms with Crippen LogP contribution in [0.4, 0.5) is 13.2 Å². The molecule has 1 fully saturated rings. The van der Waals surface area contributed by atoms with E-state index in [1.54, 1.807) is 0 Å². The number of likely N-dealkylation sites (tertiary alicyclic amines) is 1. The number of nitrogens with two attached hydrogens (primary N) is 1. The molecule has 0 radical (unpaired) electrons. The van der Waals surface area contributed by atoms with Crippen molar-refractivity contribution in [3.63, 3.8) is 0 Å². The number of halogens is 3. The molecule has 2 aliphatic rings. The minimum absolute atomic E-state index is 0.0192. The highest BCUT2D eigenvalue weighted by Crippen LogP contribution is 2.35. The lowest BCUT2D eigenvalue weighted by molar-refractivity contribution is -0.192. The number of nitrogens with zero attached hydrogens (tertiary/aromatic N) is 1. The summed E-state index contributed by atoms with van der Waals surface area (Å²) in [6.07, 6.45) is 1.17. The second-order valence-corrected chi connectivity index (χ2v) is 7.19. The molecule has 0 saturated carbocycles. The number of hydrogen-bond acceptors (Lipinski definition) is 4. The summed E-state index contributed by atoms with van der Waals surface area (Å²) in [7, 11) is 0. The summed E-state index contributed by atoms with van der Waals surface area (Å²) in [6, 6.07) is 0. The Bertz CT molecular complexity index is 709. The van der Waals surface area contributed by atoms with Crippen LogP contribution in [0.5, 0.6) is 0 Å². The van der Waals surface area contributed by atoms with Gasteiger partial charge in [0.15, 0.2) is 0 Å². The topological polar surface area (TPSA) is 101 Å². The summed E-state index contributed by atoms with van der Waals surface area (Å²) in [6.45, 7) is 1.61. The lowest BCUT2D eigenvalue weighted by Crippen LogP contribution is -2.30. The van der Waals surface area contributed by atoms with Gasteiger partial charge in [-0.15, -0.1) is 11.3 Å². The maximum Gasteiger partial charge on any atom is 0.490 e. The van der Waals surface area contributed by atoms with Crippen molar-refractivity contribution in [1.82, 2.24) is 4.90 Å². The van der Waals surface area contributed by atoms with Crippen molar-refractivity contribution >= 4 is 29.1 Å². The fraction of sp³-hybridized carbons (Fsp3) is 0.562. The Morgan fingerprint density at radius 2 is 1.58 bits per heavy atom. The molecule has 3 rings (SSSR count). The van der Waals surface area contributed by atoms with Gasteiger partial charge in [-0.3, -0.25) is 9.59 Å². The fourth-order valence-electron chi connectivity index (χ4n) is 3.04. The Kier molecular flexibility index (Phi) is 6.27. The molecule has 2 heterocycles. The van der Waals surface area contributed by atoms with Crippen LogP contribution in [-0.4, -0.2) is 47.1 Å². The van der Waals surface area contributed by atoms with E-state index < -0.39 is 18.1 Å². The number of aryl methyl sites for hydroxylation is 1. The number of hydrogen-bond donors (Lipinski definition) is 2. The summed E-state index contributed by atoms with van der Waals surface area (Å²) in [5.41, 5.74) is 7.18. The predicted molar refractivity (Wildman–Crippen MR) is 88.3 cm³/mol. The number of carboxylic acids is 1. The molecule has 1 aliphatic carbocycles. The van der Waals surface area contributed by atoms with E-state index in [9.17, 15) is 22.8 Å². The third-order valence-electron chi connectivity index (χ3n) is 4.24. The van der Waals surface area contributed by atoms with Crippen molar-refractivity contribution in [2.45, 2.75) is 44.7 Å². The first-order valence-corrected chi connectivity index (χ1v) is 8.98. The maximum atomic E-state index is 12.6. The zero-order valence-electron chi connectivity index (χ0n) is 13.9. The minimum Gasteiger partial charge on any atom is -0.475 e. The molecule has 0 unspecified atom stereocenters. The average Bonchev–Trinajstić information content (AvgIpc) is 3.21. The van der Waals surface area contributed by atoms with E-state index in [4.69, 9.17) is 15.6 Å². The van der Waals surface area contributed by atoms with Crippen LogP contribution in [0.1, 0.15) is 56.2 Å². The number of carboxylic acid groups (broad SMARTS) is 1. The third kappa shape index (κ3) is 4.54. The van der Waals surface area contributed by atoms with Gasteiger partial charge in [0.25, 0.3) is 11.8 Å². The van der Waals surface area contributed by atoms with Gasteiger partial charge in [0.05, 0.1) is 5.56 Å². The molecule has 1 aromatic rings. The molecule has 1 aliphatic heterocycles. The number of carbonyl (C=O) groups excluding carboxylic acids is 2. The number of carbonyl (C=O) groups is 3. The minimum atomic E-state index is -5.08. The van der Waals surface area contributed by atoms with Crippen LogP contribution in [0, 0.1) is 0 Å². The Morgan fingerprint density at radius 3 is 2.08 bits per heavy atom. The summed E-state index contributed by atoms with van der Waals surface area (Å²) in [5, 5.41) is 7.12. The molecule has 144 valence electrons. The molecule has 2 amide bonds. The molecule has 0 bridgehead atoms. The summed E-state index contributed by atoms with van der Waals surface area (Å²) in [5.74, 6) is -3.19. The van der Waals surface area contributed by atoms with Crippen LogP contribution in [0.3, 0.4) is 0 Å². The largest absolute Gasteiger partial charge is 0.490 e. The van der Waals surface area contributed by atoms with Crippen molar-refractivity contribution in [2.75, 3.05) is 13.1 Å². The van der Waals surface area contributed by atoms with Gasteiger partial charge in [-0.05, 0) is 44.1 Å². The normalized spacial score (nSPS) is 16.5. The van der Waals surface area contributed by atoms with E-state index >= 15 is 0 Å². The summed E-state index contributed by atoms with van der Waals surface area (Å²) >= 11 is 1.44. The highest BCUT2D eigenvalue weighted by atomic mass is 32.1. The fourth-order valence-corrected chi connectivity index (χ4v) is 4.28. The number of thiophene rings is 1. The van der Waals surface area contributed by atoms with E-state index in [2.05, 4.69) is 0 Å². The van der Waals surface area contributed by atoms with Gasteiger partial charge in [0.1, 0.15) is 4.88 Å². The molecule has 1 aromatic heterocycles. The van der Waals surface area contributed by atoms with Gasteiger partial charge in [0.2, 0.25) is 0 Å². The molecule has 0 spiro atoms. The highest BCUT2D eigenvalue weighted by molar-refractivity contribution is 7.14. The number of fused-ring (bicyclic) bond motifs is 1. The second-order valence-electron chi connectivity index (χ2n) is 6.08. The second kappa shape index (κ2) is 8.07. The van der Waals surface area contributed by atoms with Crippen LogP contribution in [0.2, 0.25) is 0 Å². The van der Waals surface area contributed by atoms with E-state index in [0.717, 1.165) is 57.2 Å². The number of alkyl halides is 3. The van der Waals surface area contributed by atoms with Crippen molar-refractivity contribution in [2.24, 2.45) is 5.73 Å². The van der Waals surface area contributed by atoms with Crippen LogP contribution >= 0.6 is 11.3 Å². The summed E-state index contributed by atoms with van der Waals surface area (Å²) in [4.78, 5) is 36.7. The molecule has 26 heavy (non-hydrogen) atoms. The number of rotatable bonds is 2. The average molecular weight is 392 g/mol. The Balaban J connectivity index is 0.000000298. The molecular formula is C16H19F3N2O4S. The predicted octanol–water partition coefficient (Wildman–Crippen LogP) is 2.60. The smallest absolute Gasteiger partial charge is 0.475 e. The zero-order chi connectivity index (χ0) is 19.5. The van der Waals surface area contributed by atoms with E-state index in [1.165, 1.54) is 16.2 Å². The monoisotopic (exact) mass is 392 g/mol. The molecule has 0 aromatic carbocycles. The molecule has 1 saturated heterocycles. The van der Waals surface area contributed by atoms with E-state index in [0.29, 0.717) is 10.4 Å². The van der Waals surface area contributed by atoms with Gasteiger partial charge in [-0.1, -0.05) is 0 Å². The zero-order valence-corrected chi connectivity index (χ0v) is 14.7. The lowest BCUT2D eigenvalue weighted by Gasteiger charge is -2.18. The van der Waals surface area contributed by atoms with Crippen LogP contribution in [0.15, 0.2) is 0 Å². The summed E-state index contributed by atoms with van der Waals surface area (Å²) < 4.78 is 31.7. The van der Waals surface area contributed by atoms with Crippen molar-refractivity contribution in [1.29, 1.82) is 0 Å².